The topological polar surface area (TPSA) is 98.9 Å². The van der Waals surface area contributed by atoms with E-state index in [1.165, 1.54) is 34.9 Å². The molecule has 5 rings (SSSR count). The maximum atomic E-state index is 13.3. The third kappa shape index (κ3) is 4.17. The first-order chi connectivity index (χ1) is 15.9. The smallest absolute Gasteiger partial charge is 0.267 e. The molecule has 0 saturated heterocycles. The summed E-state index contributed by atoms with van der Waals surface area (Å²) in [6.45, 7) is 1.46. The van der Waals surface area contributed by atoms with Gasteiger partial charge in [-0.2, -0.15) is 5.10 Å². The van der Waals surface area contributed by atoms with Crippen molar-refractivity contribution in [2.24, 2.45) is 0 Å². The molecule has 0 atom stereocenters. The summed E-state index contributed by atoms with van der Waals surface area (Å²) in [5.41, 5.74) is 1.49. The van der Waals surface area contributed by atoms with Gasteiger partial charge in [-0.3, -0.25) is 19.0 Å². The van der Waals surface area contributed by atoms with Crippen LogP contribution in [0.1, 0.15) is 30.3 Å². The Morgan fingerprint density at radius 3 is 2.58 bits per heavy atom. The van der Waals surface area contributed by atoms with Gasteiger partial charge in [-0.05, 0) is 68.3 Å². The highest BCUT2D eigenvalue weighted by molar-refractivity contribution is 5.93. The number of hydrogen-bond donors (Lipinski definition) is 1. The van der Waals surface area contributed by atoms with Crippen LogP contribution in [0.5, 0.6) is 0 Å². The maximum absolute atomic E-state index is 13.3. The first-order valence-electron chi connectivity index (χ1n) is 10.6. The van der Waals surface area contributed by atoms with Crippen molar-refractivity contribution >= 4 is 22.5 Å². The van der Waals surface area contributed by atoms with E-state index in [-0.39, 0.29) is 17.7 Å². The van der Waals surface area contributed by atoms with Crippen LogP contribution in [0.4, 0.5) is 10.1 Å². The van der Waals surface area contributed by atoms with Crippen LogP contribution in [0.3, 0.4) is 0 Å². The normalized spacial score (nSPS) is 13.3. The highest BCUT2D eigenvalue weighted by atomic mass is 19.1. The Bertz CT molecular complexity index is 1500. The predicted octanol–water partition coefficient (Wildman–Crippen LogP) is 2.91. The lowest BCUT2D eigenvalue weighted by molar-refractivity contribution is -0.117. The van der Waals surface area contributed by atoms with Gasteiger partial charge in [0, 0.05) is 17.7 Å². The molecule has 9 heteroatoms. The molecule has 33 heavy (non-hydrogen) atoms. The van der Waals surface area contributed by atoms with Gasteiger partial charge in [-0.25, -0.2) is 14.1 Å². The van der Waals surface area contributed by atoms with Gasteiger partial charge in [0.1, 0.15) is 18.2 Å². The van der Waals surface area contributed by atoms with Crippen molar-refractivity contribution in [1.29, 1.82) is 0 Å². The zero-order chi connectivity index (χ0) is 23.1. The lowest BCUT2D eigenvalue weighted by Gasteiger charge is -2.12. The average molecular weight is 445 g/mol. The molecule has 1 aliphatic carbocycles. The maximum Gasteiger partial charge on any atom is 0.267 e. The van der Waals surface area contributed by atoms with Gasteiger partial charge in [-0.15, -0.1) is 0 Å². The van der Waals surface area contributed by atoms with Crippen molar-refractivity contribution in [3.63, 3.8) is 0 Å². The molecule has 2 heterocycles. The Morgan fingerprint density at radius 2 is 1.85 bits per heavy atom. The number of anilines is 1. The fraction of sp³-hybridized carbons (Fsp3) is 0.208. The van der Waals surface area contributed by atoms with Gasteiger partial charge in [0.15, 0.2) is 0 Å². The summed E-state index contributed by atoms with van der Waals surface area (Å²) < 4.78 is 15.8. The number of amides is 1. The number of aryl methyl sites for hydroxylation is 1. The third-order valence-corrected chi connectivity index (χ3v) is 5.58. The van der Waals surface area contributed by atoms with Crippen LogP contribution in [0.15, 0.2) is 64.2 Å². The van der Waals surface area contributed by atoms with Crippen LogP contribution in [-0.4, -0.2) is 25.2 Å². The van der Waals surface area contributed by atoms with E-state index >= 15 is 0 Å². The molecule has 1 saturated carbocycles. The number of aromatic nitrogens is 4. The number of nitrogens with zero attached hydrogens (tertiary/aromatic N) is 4. The fourth-order valence-corrected chi connectivity index (χ4v) is 3.78. The Labute approximate surface area is 187 Å². The van der Waals surface area contributed by atoms with Gasteiger partial charge in [-0.1, -0.05) is 0 Å². The molecule has 0 radical (unpaired) electrons. The minimum absolute atomic E-state index is 0.233. The number of nitrogens with one attached hydrogen (secondary N) is 1. The molecule has 0 bridgehead atoms. The fourth-order valence-electron chi connectivity index (χ4n) is 3.78. The molecule has 166 valence electrons. The largest absolute Gasteiger partial charge is 0.324 e. The second-order valence-electron chi connectivity index (χ2n) is 8.08. The predicted molar refractivity (Wildman–Crippen MR) is 121 cm³/mol. The number of benzene rings is 2. The summed E-state index contributed by atoms with van der Waals surface area (Å²) in [5.74, 6) is -0.0215. The molecule has 1 aliphatic rings. The molecule has 1 N–H and O–H groups in total. The van der Waals surface area contributed by atoms with Gasteiger partial charge in [0.05, 0.1) is 22.3 Å². The zero-order valence-corrected chi connectivity index (χ0v) is 17.8. The van der Waals surface area contributed by atoms with Crippen molar-refractivity contribution < 1.29 is 9.18 Å². The van der Waals surface area contributed by atoms with Gasteiger partial charge in [0.25, 0.3) is 11.1 Å². The molecular formula is C24H20FN5O3. The van der Waals surface area contributed by atoms with E-state index in [4.69, 9.17) is 0 Å². The zero-order valence-electron chi connectivity index (χ0n) is 17.8. The van der Waals surface area contributed by atoms with Gasteiger partial charge >= 0.3 is 0 Å². The molecular weight excluding hydrogens is 425 g/mol. The monoisotopic (exact) mass is 445 g/mol. The number of carbonyl (C=O) groups excluding carboxylic acids is 1. The summed E-state index contributed by atoms with van der Waals surface area (Å²) in [4.78, 5) is 42.3. The van der Waals surface area contributed by atoms with Crippen molar-refractivity contribution in [2.75, 3.05) is 5.32 Å². The lowest BCUT2D eigenvalue weighted by Crippen LogP contribution is -2.29. The minimum Gasteiger partial charge on any atom is -0.324 e. The first-order valence-corrected chi connectivity index (χ1v) is 10.6. The molecule has 8 nitrogen and oxygen atoms in total. The molecule has 4 aromatic rings. The summed E-state index contributed by atoms with van der Waals surface area (Å²) in [7, 11) is 0. The van der Waals surface area contributed by atoms with Crippen LogP contribution in [0.25, 0.3) is 16.6 Å². The van der Waals surface area contributed by atoms with Crippen molar-refractivity contribution in [3.05, 3.63) is 92.6 Å². The number of halogens is 1. The van der Waals surface area contributed by atoms with Gasteiger partial charge < -0.3 is 5.32 Å². The molecule has 0 aliphatic heterocycles. The molecule has 2 aromatic heterocycles. The molecule has 1 fully saturated rings. The number of rotatable bonds is 5. The second-order valence-corrected chi connectivity index (χ2v) is 8.08. The summed E-state index contributed by atoms with van der Waals surface area (Å²) in [6.07, 6.45) is 2.08. The SMILES string of the molecule is Cc1nc2ccc(NC(=O)Cn3nc(C4CC4)ccc3=O)cc2c(=O)n1-c1ccc(F)cc1. The highest BCUT2D eigenvalue weighted by Crippen LogP contribution is 2.38. The van der Waals surface area contributed by atoms with E-state index < -0.39 is 11.7 Å². The summed E-state index contributed by atoms with van der Waals surface area (Å²) in [5, 5.41) is 7.31. The van der Waals surface area contributed by atoms with Crippen LogP contribution in [0.2, 0.25) is 0 Å². The van der Waals surface area contributed by atoms with Crippen LogP contribution < -0.4 is 16.4 Å². The standard InChI is InChI=1S/C24H20FN5O3/c1-14-26-21-9-6-17(12-19(21)24(33)30(14)18-7-4-16(25)5-8-18)27-22(31)13-29-23(32)11-10-20(28-29)15-2-3-15/h4-12,15H,2-3,13H2,1H3,(H,27,31). The summed E-state index contributed by atoms with van der Waals surface area (Å²) >= 11 is 0. The Balaban J connectivity index is 1.44. The van der Waals surface area contributed by atoms with Gasteiger partial charge in [0.2, 0.25) is 5.91 Å². The van der Waals surface area contributed by atoms with Crippen molar-refractivity contribution in [3.8, 4) is 5.69 Å². The molecule has 1 amide bonds. The highest BCUT2D eigenvalue weighted by Gasteiger charge is 2.25. The van der Waals surface area contributed by atoms with Crippen LogP contribution >= 0.6 is 0 Å². The Hall–Kier alpha value is -4.14. The first kappa shape index (κ1) is 20.7. The van der Waals surface area contributed by atoms with E-state index in [1.807, 2.05) is 0 Å². The quantitative estimate of drug-likeness (QED) is 0.509. The van der Waals surface area contributed by atoms with Crippen molar-refractivity contribution in [1.82, 2.24) is 19.3 Å². The average Bonchev–Trinajstić information content (AvgIpc) is 3.62. The third-order valence-electron chi connectivity index (χ3n) is 5.58. The van der Waals surface area contributed by atoms with Crippen LogP contribution in [-0.2, 0) is 11.3 Å². The van der Waals surface area contributed by atoms with E-state index in [1.54, 1.807) is 31.2 Å². The Kier molecular flexibility index (Phi) is 5.08. The van der Waals surface area contributed by atoms with Crippen molar-refractivity contribution in [2.45, 2.75) is 32.2 Å². The van der Waals surface area contributed by atoms with E-state index in [0.29, 0.717) is 34.0 Å². The molecule has 2 aromatic carbocycles. The van der Waals surface area contributed by atoms with E-state index in [0.717, 1.165) is 23.2 Å². The van der Waals surface area contributed by atoms with E-state index in [9.17, 15) is 18.8 Å². The Morgan fingerprint density at radius 1 is 1.09 bits per heavy atom. The number of hydrogen-bond acceptors (Lipinski definition) is 5. The molecule has 0 spiro atoms. The lowest BCUT2D eigenvalue weighted by atomic mass is 10.2. The number of carbonyl (C=O) groups is 1. The number of fused-ring (bicyclic) bond motifs is 1. The molecule has 0 unspecified atom stereocenters. The second kappa shape index (κ2) is 8.09. The summed E-state index contributed by atoms with van der Waals surface area (Å²) in [6, 6.07) is 13.5. The van der Waals surface area contributed by atoms with E-state index in [2.05, 4.69) is 15.4 Å². The van der Waals surface area contributed by atoms with Crippen LogP contribution in [0, 0.1) is 12.7 Å². The minimum atomic E-state index is -0.434.